The van der Waals surface area contributed by atoms with Crippen molar-refractivity contribution in [3.05, 3.63) is 28.2 Å². The van der Waals surface area contributed by atoms with E-state index in [2.05, 4.69) is 9.97 Å². The van der Waals surface area contributed by atoms with Gasteiger partial charge < -0.3 is 10.1 Å². The summed E-state index contributed by atoms with van der Waals surface area (Å²) in [4.78, 5) is 15.9. The van der Waals surface area contributed by atoms with E-state index in [0.29, 0.717) is 5.82 Å². The maximum absolute atomic E-state index is 10.1. The van der Waals surface area contributed by atoms with Gasteiger partial charge in [0.2, 0.25) is 5.82 Å². The lowest BCUT2D eigenvalue weighted by Crippen LogP contribution is -1.86. The summed E-state index contributed by atoms with van der Waals surface area (Å²) in [5, 5.41) is 10.1. The summed E-state index contributed by atoms with van der Waals surface area (Å²) in [7, 11) is 0. The van der Waals surface area contributed by atoms with E-state index < -0.39 is 4.92 Å². The van der Waals surface area contributed by atoms with Crippen LogP contribution in [-0.2, 0) is 0 Å². The van der Waals surface area contributed by atoms with E-state index in [0.717, 1.165) is 0 Å². The van der Waals surface area contributed by atoms with Gasteiger partial charge in [-0.3, -0.25) is 0 Å². The molecule has 0 saturated carbocycles. The molecule has 0 saturated heterocycles. The molecular formula is C6H7N3O2. The van der Waals surface area contributed by atoms with E-state index in [9.17, 15) is 10.1 Å². The summed E-state index contributed by atoms with van der Waals surface area (Å²) in [6, 6.07) is 0. The zero-order valence-corrected chi connectivity index (χ0v) is 5.94. The van der Waals surface area contributed by atoms with Crippen LogP contribution in [0.5, 0.6) is 0 Å². The number of imidazole rings is 1. The van der Waals surface area contributed by atoms with Crippen molar-refractivity contribution in [1.82, 2.24) is 9.97 Å². The third-order valence-corrected chi connectivity index (χ3v) is 1.10. The topological polar surface area (TPSA) is 71.8 Å². The van der Waals surface area contributed by atoms with E-state index >= 15 is 0 Å². The van der Waals surface area contributed by atoms with Gasteiger partial charge in [-0.1, -0.05) is 6.08 Å². The fraction of sp³-hybridized carbons (Fsp3) is 0.167. The van der Waals surface area contributed by atoms with Gasteiger partial charge in [0.05, 0.1) is 0 Å². The Labute approximate surface area is 62.9 Å². The van der Waals surface area contributed by atoms with Crippen LogP contribution in [-0.4, -0.2) is 14.9 Å². The summed E-state index contributed by atoms with van der Waals surface area (Å²) in [6.07, 6.45) is 4.60. The van der Waals surface area contributed by atoms with Gasteiger partial charge in [0, 0.05) is 6.08 Å². The third kappa shape index (κ3) is 1.64. The summed E-state index contributed by atoms with van der Waals surface area (Å²) in [6.45, 7) is 1.81. The zero-order chi connectivity index (χ0) is 8.27. The summed E-state index contributed by atoms with van der Waals surface area (Å²) >= 11 is 0. The lowest BCUT2D eigenvalue weighted by molar-refractivity contribution is -0.389. The normalized spacial score (nSPS) is 10.6. The molecule has 0 fully saturated rings. The Balaban J connectivity index is 2.90. The van der Waals surface area contributed by atoms with E-state index in [1.54, 1.807) is 12.2 Å². The minimum atomic E-state index is -0.514. The number of hydrogen-bond acceptors (Lipinski definition) is 3. The van der Waals surface area contributed by atoms with Gasteiger partial charge in [-0.2, -0.15) is 0 Å². The van der Waals surface area contributed by atoms with Gasteiger partial charge in [0.1, 0.15) is 6.20 Å². The van der Waals surface area contributed by atoms with Crippen molar-refractivity contribution in [1.29, 1.82) is 0 Å². The largest absolute Gasteiger partial charge is 0.358 e. The van der Waals surface area contributed by atoms with Crippen molar-refractivity contribution in [2.24, 2.45) is 0 Å². The average Bonchev–Trinajstić information content (AvgIpc) is 2.37. The number of nitrogens with one attached hydrogen (secondary N) is 1. The monoisotopic (exact) mass is 153 g/mol. The zero-order valence-electron chi connectivity index (χ0n) is 5.94. The van der Waals surface area contributed by atoms with Gasteiger partial charge in [-0.15, -0.1) is 0 Å². The highest BCUT2D eigenvalue weighted by atomic mass is 16.6. The number of nitro groups is 1. The molecule has 0 unspecified atom stereocenters. The molecule has 5 nitrogen and oxygen atoms in total. The molecule has 11 heavy (non-hydrogen) atoms. The molecule has 58 valence electrons. The Morgan fingerprint density at radius 3 is 3.00 bits per heavy atom. The Kier molecular flexibility index (Phi) is 2.00. The Morgan fingerprint density at radius 2 is 2.55 bits per heavy atom. The first-order valence-electron chi connectivity index (χ1n) is 3.06. The number of nitrogens with zero attached hydrogens (tertiary/aromatic N) is 2. The van der Waals surface area contributed by atoms with E-state index in [1.165, 1.54) is 6.20 Å². The molecule has 5 heteroatoms. The molecule has 0 atom stereocenters. The van der Waals surface area contributed by atoms with Crippen molar-refractivity contribution in [2.75, 3.05) is 0 Å². The molecular weight excluding hydrogens is 146 g/mol. The SMILES string of the molecule is CC=Cc1ncc([N+](=O)[O-])[nH]1. The molecule has 0 amide bonds. The summed E-state index contributed by atoms with van der Waals surface area (Å²) in [5.74, 6) is 0.414. The molecule has 1 aromatic rings. The van der Waals surface area contributed by atoms with Gasteiger partial charge >= 0.3 is 5.82 Å². The van der Waals surface area contributed by atoms with Gasteiger partial charge in [0.15, 0.2) is 0 Å². The number of allylic oxidation sites excluding steroid dienone is 1. The molecule has 0 aliphatic heterocycles. The quantitative estimate of drug-likeness (QED) is 0.514. The maximum atomic E-state index is 10.1. The molecule has 1 N–H and O–H groups in total. The van der Waals surface area contributed by atoms with E-state index in [-0.39, 0.29) is 5.82 Å². The first-order chi connectivity index (χ1) is 5.24. The van der Waals surface area contributed by atoms with Crippen LogP contribution < -0.4 is 0 Å². The molecule has 0 bridgehead atoms. The summed E-state index contributed by atoms with van der Waals surface area (Å²) < 4.78 is 0. The van der Waals surface area contributed by atoms with Gasteiger partial charge in [0.25, 0.3) is 0 Å². The fourth-order valence-electron chi connectivity index (χ4n) is 0.662. The second-order valence-electron chi connectivity index (χ2n) is 1.91. The van der Waals surface area contributed by atoms with Crippen LogP contribution in [0.4, 0.5) is 5.82 Å². The third-order valence-electron chi connectivity index (χ3n) is 1.10. The first-order valence-corrected chi connectivity index (χ1v) is 3.06. The van der Waals surface area contributed by atoms with Crippen LogP contribution in [0.3, 0.4) is 0 Å². The predicted molar refractivity (Wildman–Crippen MR) is 40.0 cm³/mol. The average molecular weight is 153 g/mol. The smallest absolute Gasteiger partial charge is 0.340 e. The highest BCUT2D eigenvalue weighted by molar-refractivity contribution is 5.41. The summed E-state index contributed by atoms with van der Waals surface area (Å²) in [5.41, 5.74) is 0. The number of H-pyrrole nitrogens is 1. The van der Waals surface area contributed by atoms with Crippen LogP contribution in [0.1, 0.15) is 12.7 Å². The predicted octanol–water partition coefficient (Wildman–Crippen LogP) is 1.35. The molecule has 0 aliphatic rings. The molecule has 1 aromatic heterocycles. The number of rotatable bonds is 2. The van der Waals surface area contributed by atoms with Crippen molar-refractivity contribution >= 4 is 11.9 Å². The second-order valence-corrected chi connectivity index (χ2v) is 1.91. The Hall–Kier alpha value is -1.65. The lowest BCUT2D eigenvalue weighted by atomic mass is 10.5. The molecule has 0 aromatic carbocycles. The molecule has 0 radical (unpaired) electrons. The number of aromatic nitrogens is 2. The van der Waals surface area contributed by atoms with Crippen molar-refractivity contribution in [3.63, 3.8) is 0 Å². The van der Waals surface area contributed by atoms with Crippen LogP contribution in [0.25, 0.3) is 6.08 Å². The minimum Gasteiger partial charge on any atom is -0.358 e. The van der Waals surface area contributed by atoms with Gasteiger partial charge in [-0.25, -0.2) is 9.97 Å². The second kappa shape index (κ2) is 2.96. The van der Waals surface area contributed by atoms with Crippen LogP contribution >= 0.6 is 0 Å². The number of aromatic amines is 1. The standard InChI is InChI=1S/C6H7N3O2/c1-2-3-5-7-4-6(8-5)9(10)11/h2-4H,1H3,(H,7,8). The first kappa shape index (κ1) is 7.46. The highest BCUT2D eigenvalue weighted by Crippen LogP contribution is 2.06. The fourth-order valence-corrected chi connectivity index (χ4v) is 0.662. The van der Waals surface area contributed by atoms with Gasteiger partial charge in [-0.05, 0) is 11.8 Å². The highest BCUT2D eigenvalue weighted by Gasteiger charge is 2.05. The minimum absolute atomic E-state index is 0.0851. The number of hydrogen-bond donors (Lipinski definition) is 1. The Bertz CT molecular complexity index is 290. The molecule has 0 aliphatic carbocycles. The lowest BCUT2D eigenvalue weighted by Gasteiger charge is -1.84. The van der Waals surface area contributed by atoms with Crippen molar-refractivity contribution < 1.29 is 4.92 Å². The van der Waals surface area contributed by atoms with E-state index in [1.807, 2.05) is 6.92 Å². The van der Waals surface area contributed by atoms with Crippen molar-refractivity contribution in [3.8, 4) is 0 Å². The van der Waals surface area contributed by atoms with Crippen LogP contribution in [0.2, 0.25) is 0 Å². The Morgan fingerprint density at radius 1 is 1.82 bits per heavy atom. The molecule has 1 rings (SSSR count). The van der Waals surface area contributed by atoms with Crippen LogP contribution in [0.15, 0.2) is 12.3 Å². The van der Waals surface area contributed by atoms with E-state index in [4.69, 9.17) is 0 Å². The van der Waals surface area contributed by atoms with Crippen molar-refractivity contribution in [2.45, 2.75) is 6.92 Å². The molecule has 0 spiro atoms. The van der Waals surface area contributed by atoms with Crippen LogP contribution in [0, 0.1) is 10.1 Å². The maximum Gasteiger partial charge on any atom is 0.340 e. The molecule has 1 heterocycles.